The van der Waals surface area contributed by atoms with Gasteiger partial charge >= 0.3 is 12.1 Å². The number of anilines is 1. The molecule has 9 rings (SSSR count). The summed E-state index contributed by atoms with van der Waals surface area (Å²) in [6, 6.07) is 15.2. The number of esters is 1. The molecule has 0 aliphatic carbocycles. The zero-order valence-electron chi connectivity index (χ0n) is 52.2. The number of fused-ring (bicyclic) bond motifs is 5. The van der Waals surface area contributed by atoms with Crippen LogP contribution in [0.3, 0.4) is 0 Å². The number of carbonyl (C=O) groups is 6. The number of hydrogen-bond acceptors (Lipinski definition) is 24. The molecule has 1 amide bonds. The smallest absolute Gasteiger partial charge is 0.457 e. The molecular formula is C63H73N11O16S3. The summed E-state index contributed by atoms with van der Waals surface area (Å²) >= 11 is 1.22. The first-order valence-electron chi connectivity index (χ1n) is 30.3. The highest BCUT2D eigenvalue weighted by molar-refractivity contribution is 7.90. The van der Waals surface area contributed by atoms with E-state index >= 15 is 0 Å². The first kappa shape index (κ1) is 69.0. The third-order valence-electron chi connectivity index (χ3n) is 15.9. The monoisotopic (exact) mass is 1340 g/mol. The quantitative estimate of drug-likeness (QED) is 0.0199. The minimum absolute atomic E-state index is 0.114. The van der Waals surface area contributed by atoms with E-state index in [1.165, 1.54) is 34.3 Å². The van der Waals surface area contributed by atoms with Gasteiger partial charge in [-0.25, -0.2) is 51.0 Å². The molecule has 0 unspecified atom stereocenters. The molecule has 7 heterocycles. The number of nitrogens with zero attached hydrogens (tertiary/aromatic N) is 9. The summed E-state index contributed by atoms with van der Waals surface area (Å²) in [6.45, 7) is 5.58. The minimum Gasteiger partial charge on any atom is -0.457 e. The maximum Gasteiger partial charge on any atom is 0.510 e. The number of Topliss-reactive ketones (excluding diaryl/α,β-unsaturated/α-hetero) is 3. The van der Waals surface area contributed by atoms with E-state index < -0.39 is 55.0 Å². The zero-order chi connectivity index (χ0) is 66.6. The number of ketones is 3. The van der Waals surface area contributed by atoms with E-state index in [9.17, 15) is 50.4 Å². The second-order valence-corrected chi connectivity index (χ2v) is 27.7. The van der Waals surface area contributed by atoms with Crippen molar-refractivity contribution >= 4 is 83.2 Å². The number of rotatable bonds is 34. The molecule has 93 heavy (non-hydrogen) atoms. The average Bonchev–Trinajstić information content (AvgIpc) is 1.67. The number of nitrogens with two attached hydrogens (primary N) is 1. The number of sulfone groups is 1. The van der Waals surface area contributed by atoms with Crippen LogP contribution in [0.5, 0.6) is 0 Å². The van der Waals surface area contributed by atoms with Gasteiger partial charge in [0.25, 0.3) is 5.56 Å². The molecule has 5 aromatic heterocycles. The van der Waals surface area contributed by atoms with E-state index in [4.69, 9.17) is 34.4 Å². The van der Waals surface area contributed by atoms with Crippen molar-refractivity contribution in [3.05, 3.63) is 128 Å². The molecule has 0 bridgehead atoms. The SMILES string of the molecule is CC[C@@]1(OC(=O)OCc2ccc(NC(=O)[C@H](CCCCN)CC(=O)COCC(=O)CCCOCCn3cc(CCC(=O)c4csc(-c5cnc(S(C)(=O)=O)nc5)n4)nn3)cc2)C(=O)OCc2c1cc1n(c2=O)Cc2c-1nc1ccccc1c2CCN(C(C)C)S(C)(=O)=O. The summed E-state index contributed by atoms with van der Waals surface area (Å²) in [4.78, 5) is 111. The van der Waals surface area contributed by atoms with Crippen molar-refractivity contribution in [3.8, 4) is 22.0 Å². The lowest BCUT2D eigenvalue weighted by atomic mass is 9.85. The highest BCUT2D eigenvalue weighted by Crippen LogP contribution is 2.42. The van der Waals surface area contributed by atoms with Gasteiger partial charge in [-0.3, -0.25) is 24.0 Å². The lowest BCUT2D eigenvalue weighted by molar-refractivity contribution is -0.175. The number of nitrogens with one attached hydrogen (secondary N) is 1. The number of carbonyl (C=O) groups excluding carboxylic acids is 6. The fourth-order valence-corrected chi connectivity index (χ4v) is 13.6. The molecule has 30 heteroatoms. The van der Waals surface area contributed by atoms with E-state index in [1.54, 1.807) is 71.9 Å². The molecule has 2 aliphatic heterocycles. The van der Waals surface area contributed by atoms with Gasteiger partial charge < -0.3 is 39.3 Å². The first-order valence-corrected chi connectivity index (χ1v) is 34.9. The van der Waals surface area contributed by atoms with Gasteiger partial charge in [-0.1, -0.05) is 48.9 Å². The fourth-order valence-electron chi connectivity index (χ4n) is 11.1. The molecule has 0 saturated heterocycles. The van der Waals surface area contributed by atoms with Crippen LogP contribution in [-0.2, 0) is 107 Å². The van der Waals surface area contributed by atoms with Crippen LogP contribution >= 0.6 is 11.3 Å². The summed E-state index contributed by atoms with van der Waals surface area (Å²) in [6.07, 6.45) is 8.09. The van der Waals surface area contributed by atoms with Crippen LogP contribution < -0.4 is 16.6 Å². The topological polar surface area (TPSA) is 362 Å². The molecule has 3 N–H and O–H groups in total. The van der Waals surface area contributed by atoms with Crippen LogP contribution in [0.25, 0.3) is 32.9 Å². The van der Waals surface area contributed by atoms with E-state index in [0.29, 0.717) is 103 Å². The van der Waals surface area contributed by atoms with Gasteiger partial charge in [-0.05, 0) is 87.9 Å². The molecular weight excluding hydrogens is 1260 g/mol. The predicted molar refractivity (Wildman–Crippen MR) is 340 cm³/mol. The largest absolute Gasteiger partial charge is 0.510 e. The Morgan fingerprint density at radius 1 is 0.892 bits per heavy atom. The maximum absolute atomic E-state index is 14.4. The fraction of sp³-hybridized carbons (Fsp3) is 0.444. The number of aromatic nitrogens is 8. The standard InChI is InChI=1S/C63H73N11O16S3/c1-6-63(51-29-54-56-49(33-73(54)59(79)50(51)37-88-60(63)80)47(48-14-7-8-15-52(48)68-56)22-24-74(39(2)3)93(5,84)85)90-62(81)89-34-40-16-18-43(19-17-40)67-57(78)41(12-9-10-23-64)28-46(76)36-87-35-45(75)13-11-26-86-27-25-72-32-44(70-71-72)20-21-55(77)53-38-91-58(69-53)42-30-65-61(66-31-42)92(4,82)83/h7-8,14-19,29-32,38-39,41H,6,9-13,20-28,33-37,64H2,1-5H3,(H,67,78)/t41-,63+/m1/s1. The highest BCUT2D eigenvalue weighted by atomic mass is 32.2. The van der Waals surface area contributed by atoms with E-state index in [2.05, 4.69) is 30.6 Å². The number of sulfonamides is 1. The zero-order valence-corrected chi connectivity index (χ0v) is 54.6. The van der Waals surface area contributed by atoms with Crippen LogP contribution in [0.2, 0.25) is 0 Å². The lowest BCUT2D eigenvalue weighted by Gasteiger charge is -2.35. The molecule has 2 aromatic carbocycles. The van der Waals surface area contributed by atoms with Gasteiger partial charge in [0.1, 0.15) is 37.1 Å². The van der Waals surface area contributed by atoms with Gasteiger partial charge in [-0.15, -0.1) is 16.4 Å². The number of thiazole rings is 1. The summed E-state index contributed by atoms with van der Waals surface area (Å²) < 4.78 is 81.5. The lowest BCUT2D eigenvalue weighted by Crippen LogP contribution is -2.47. The van der Waals surface area contributed by atoms with Crippen LogP contribution in [0.1, 0.15) is 116 Å². The number of ether oxygens (including phenoxy) is 5. The molecule has 2 aliphatic rings. The van der Waals surface area contributed by atoms with Crippen LogP contribution in [0.4, 0.5) is 10.5 Å². The van der Waals surface area contributed by atoms with Crippen molar-refractivity contribution in [3.63, 3.8) is 0 Å². The normalized spacial score (nSPS) is 14.8. The van der Waals surface area contributed by atoms with E-state index in [-0.39, 0.29) is 117 Å². The van der Waals surface area contributed by atoms with Gasteiger partial charge in [0.2, 0.25) is 36.5 Å². The highest BCUT2D eigenvalue weighted by Gasteiger charge is 2.51. The molecule has 0 spiro atoms. The number of amides is 1. The Kier molecular flexibility index (Phi) is 22.7. The van der Waals surface area contributed by atoms with Crippen molar-refractivity contribution in [2.75, 3.05) is 57.3 Å². The molecule has 0 saturated carbocycles. The van der Waals surface area contributed by atoms with Crippen LogP contribution in [-0.4, -0.2) is 154 Å². The average molecular weight is 1340 g/mol. The third-order valence-corrected chi connectivity index (χ3v) is 19.1. The first-order chi connectivity index (χ1) is 44.5. The number of unbranched alkanes of at least 4 members (excludes halogenated alkanes) is 1. The second kappa shape index (κ2) is 30.6. The summed E-state index contributed by atoms with van der Waals surface area (Å²) in [5.74, 6) is -2.81. The van der Waals surface area contributed by atoms with Crippen LogP contribution in [0, 0.1) is 5.92 Å². The Labute approximate surface area is 540 Å². The summed E-state index contributed by atoms with van der Waals surface area (Å²) in [7, 11) is -7.09. The summed E-state index contributed by atoms with van der Waals surface area (Å²) in [5.41, 5.74) is 8.81. The Morgan fingerprint density at radius 3 is 2.37 bits per heavy atom. The minimum atomic E-state index is -3.55. The van der Waals surface area contributed by atoms with Crippen molar-refractivity contribution in [2.45, 2.75) is 128 Å². The molecule has 27 nitrogen and oxygen atoms in total. The Morgan fingerprint density at radius 2 is 1.65 bits per heavy atom. The number of pyridine rings is 2. The van der Waals surface area contributed by atoms with Gasteiger partial charge in [0.15, 0.2) is 17.3 Å². The number of para-hydroxylation sites is 1. The number of hydrogen-bond donors (Lipinski definition) is 2. The predicted octanol–water partition coefficient (Wildman–Crippen LogP) is 6.10. The van der Waals surface area contributed by atoms with Crippen molar-refractivity contribution in [1.82, 2.24) is 43.8 Å². The van der Waals surface area contributed by atoms with Gasteiger partial charge in [0.05, 0.1) is 54.1 Å². The van der Waals surface area contributed by atoms with Crippen molar-refractivity contribution in [2.24, 2.45) is 11.7 Å². The Balaban J connectivity index is 0.701. The maximum atomic E-state index is 14.4. The number of benzene rings is 2. The molecule has 494 valence electrons. The van der Waals surface area contributed by atoms with Gasteiger partial charge in [0, 0.05) is 109 Å². The Bertz CT molecular complexity index is 4210. The number of aryl methyl sites for hydroxylation is 1. The van der Waals surface area contributed by atoms with Crippen molar-refractivity contribution < 1.29 is 69.3 Å². The molecule has 0 fully saturated rings. The summed E-state index contributed by atoms with van der Waals surface area (Å²) in [5, 5.41) is 13.7. The van der Waals surface area contributed by atoms with Gasteiger partial charge in [-0.2, -0.15) is 4.31 Å². The van der Waals surface area contributed by atoms with Crippen LogP contribution in [0.15, 0.2) is 88.5 Å². The number of cyclic esters (lactones) is 1. The van der Waals surface area contributed by atoms with E-state index in [0.717, 1.165) is 22.8 Å². The molecule has 0 radical (unpaired) electrons. The molecule has 7 aromatic rings. The Hall–Kier alpha value is -8.39. The van der Waals surface area contributed by atoms with Crippen molar-refractivity contribution in [1.29, 1.82) is 0 Å². The third kappa shape index (κ3) is 17.1. The molecule has 2 atom stereocenters. The second-order valence-electron chi connectivity index (χ2n) is 23.0. The van der Waals surface area contributed by atoms with E-state index in [1.807, 2.05) is 24.3 Å².